The van der Waals surface area contributed by atoms with E-state index in [1.165, 1.54) is 11.3 Å². The number of rotatable bonds is 5. The molecule has 0 atom stereocenters. The van der Waals surface area contributed by atoms with Crippen LogP contribution in [0.1, 0.15) is 18.4 Å². The van der Waals surface area contributed by atoms with Crippen molar-refractivity contribution in [2.75, 3.05) is 56.7 Å². The first-order valence-corrected chi connectivity index (χ1v) is 10.9. The van der Waals surface area contributed by atoms with Crippen LogP contribution >= 0.6 is 0 Å². The van der Waals surface area contributed by atoms with Gasteiger partial charge in [-0.05, 0) is 36.2 Å². The van der Waals surface area contributed by atoms with Crippen molar-refractivity contribution in [1.29, 1.82) is 0 Å². The van der Waals surface area contributed by atoms with E-state index in [1.807, 2.05) is 36.2 Å². The lowest BCUT2D eigenvalue weighted by Crippen LogP contribution is -2.52. The van der Waals surface area contributed by atoms with Gasteiger partial charge in [0.1, 0.15) is 5.75 Å². The van der Waals surface area contributed by atoms with Gasteiger partial charge in [0.25, 0.3) is 0 Å². The molecule has 1 N–H and O–H groups in total. The average Bonchev–Trinajstić information content (AvgIpc) is 3.26. The minimum Gasteiger partial charge on any atom is -0.497 e. The second kappa shape index (κ2) is 9.73. The molecule has 164 valence electrons. The fraction of sp³-hybridized carbons (Fsp3) is 0.417. The summed E-state index contributed by atoms with van der Waals surface area (Å²) >= 11 is 0. The van der Waals surface area contributed by atoms with Crippen molar-refractivity contribution >= 4 is 23.2 Å². The van der Waals surface area contributed by atoms with Crippen LogP contribution < -0.4 is 19.9 Å². The zero-order valence-corrected chi connectivity index (χ0v) is 18.4. The SMILES string of the molecule is CN=C(NCc1ccc(N2CCCC2=O)cc1)N1CCN(c2cccc(OC)c2)CC1. The number of aliphatic imine (C=N–C) groups is 1. The number of methoxy groups -OCH3 is 1. The van der Waals surface area contributed by atoms with Gasteiger partial charge < -0.3 is 24.8 Å². The minimum atomic E-state index is 0.222. The summed E-state index contributed by atoms with van der Waals surface area (Å²) in [7, 11) is 3.53. The number of nitrogens with one attached hydrogen (secondary N) is 1. The molecule has 2 heterocycles. The molecule has 0 unspecified atom stereocenters. The van der Waals surface area contributed by atoms with Gasteiger partial charge in [0.2, 0.25) is 5.91 Å². The highest BCUT2D eigenvalue weighted by Crippen LogP contribution is 2.23. The molecular weight excluding hydrogens is 390 g/mol. The molecule has 2 aliphatic heterocycles. The molecule has 2 aromatic rings. The van der Waals surface area contributed by atoms with Crippen molar-refractivity contribution in [2.45, 2.75) is 19.4 Å². The number of hydrogen-bond acceptors (Lipinski definition) is 4. The molecular formula is C24H31N5O2. The minimum absolute atomic E-state index is 0.222. The maximum absolute atomic E-state index is 11.9. The summed E-state index contributed by atoms with van der Waals surface area (Å²) < 4.78 is 5.35. The maximum atomic E-state index is 11.9. The van der Waals surface area contributed by atoms with Crippen LogP contribution in [-0.4, -0.2) is 63.6 Å². The number of amides is 1. The van der Waals surface area contributed by atoms with Crippen molar-refractivity contribution in [3.8, 4) is 5.75 Å². The highest BCUT2D eigenvalue weighted by Gasteiger charge is 2.22. The molecule has 0 spiro atoms. The van der Waals surface area contributed by atoms with Crippen molar-refractivity contribution < 1.29 is 9.53 Å². The van der Waals surface area contributed by atoms with Crippen LogP contribution in [0.3, 0.4) is 0 Å². The van der Waals surface area contributed by atoms with Gasteiger partial charge in [-0.25, -0.2) is 0 Å². The van der Waals surface area contributed by atoms with Gasteiger partial charge in [0, 0.05) is 70.2 Å². The number of anilines is 2. The first-order chi connectivity index (χ1) is 15.2. The third kappa shape index (κ3) is 4.93. The fourth-order valence-corrected chi connectivity index (χ4v) is 4.21. The van der Waals surface area contributed by atoms with Gasteiger partial charge >= 0.3 is 0 Å². The van der Waals surface area contributed by atoms with E-state index in [1.54, 1.807) is 7.11 Å². The van der Waals surface area contributed by atoms with Crippen LogP contribution in [0.2, 0.25) is 0 Å². The fourth-order valence-electron chi connectivity index (χ4n) is 4.21. The maximum Gasteiger partial charge on any atom is 0.227 e. The van der Waals surface area contributed by atoms with E-state index in [9.17, 15) is 4.79 Å². The van der Waals surface area contributed by atoms with E-state index < -0.39 is 0 Å². The quantitative estimate of drug-likeness (QED) is 0.594. The highest BCUT2D eigenvalue weighted by atomic mass is 16.5. The molecule has 2 saturated heterocycles. The first kappa shape index (κ1) is 21.0. The van der Waals surface area contributed by atoms with Gasteiger partial charge in [-0.3, -0.25) is 9.79 Å². The van der Waals surface area contributed by atoms with Crippen LogP contribution in [0, 0.1) is 0 Å². The lowest BCUT2D eigenvalue weighted by molar-refractivity contribution is -0.117. The van der Waals surface area contributed by atoms with E-state index in [0.717, 1.165) is 56.5 Å². The van der Waals surface area contributed by atoms with Crippen LogP contribution in [0.25, 0.3) is 0 Å². The Hall–Kier alpha value is -3.22. The van der Waals surface area contributed by atoms with E-state index in [2.05, 4.69) is 44.4 Å². The molecule has 0 bridgehead atoms. The third-order valence-corrected chi connectivity index (χ3v) is 5.98. The zero-order valence-electron chi connectivity index (χ0n) is 18.4. The van der Waals surface area contributed by atoms with Crippen LogP contribution in [0.5, 0.6) is 5.75 Å². The summed E-state index contributed by atoms with van der Waals surface area (Å²) in [6.45, 7) is 5.22. The molecule has 2 fully saturated rings. The Labute approximate surface area is 184 Å². The molecule has 4 rings (SSSR count). The highest BCUT2D eigenvalue weighted by molar-refractivity contribution is 5.95. The topological polar surface area (TPSA) is 60.4 Å². The second-order valence-electron chi connectivity index (χ2n) is 7.89. The number of hydrogen-bond donors (Lipinski definition) is 1. The number of carbonyl (C=O) groups is 1. The predicted octanol–water partition coefficient (Wildman–Crippen LogP) is 2.72. The van der Waals surface area contributed by atoms with Gasteiger partial charge in [-0.15, -0.1) is 0 Å². The summed E-state index contributed by atoms with van der Waals surface area (Å²) in [6.07, 6.45) is 1.61. The zero-order chi connectivity index (χ0) is 21.6. The molecule has 7 nitrogen and oxygen atoms in total. The number of ether oxygens (including phenoxy) is 1. The van der Waals surface area contributed by atoms with Crippen LogP contribution in [0.15, 0.2) is 53.5 Å². The lowest BCUT2D eigenvalue weighted by atomic mass is 10.2. The second-order valence-corrected chi connectivity index (χ2v) is 7.89. The normalized spacial score (nSPS) is 17.3. The number of guanidine groups is 1. The Morgan fingerprint density at radius 1 is 1.03 bits per heavy atom. The molecule has 0 saturated carbocycles. The molecule has 0 aliphatic carbocycles. The monoisotopic (exact) mass is 421 g/mol. The summed E-state index contributed by atoms with van der Waals surface area (Å²) in [4.78, 5) is 23.0. The first-order valence-electron chi connectivity index (χ1n) is 10.9. The van der Waals surface area contributed by atoms with Crippen molar-refractivity contribution in [3.63, 3.8) is 0 Å². The van der Waals surface area contributed by atoms with E-state index in [4.69, 9.17) is 4.74 Å². The van der Waals surface area contributed by atoms with E-state index in [-0.39, 0.29) is 5.91 Å². The molecule has 2 aromatic carbocycles. The average molecular weight is 422 g/mol. The summed E-state index contributed by atoms with van der Waals surface area (Å²) in [5, 5.41) is 3.48. The Bertz CT molecular complexity index is 920. The Morgan fingerprint density at radius 2 is 1.81 bits per heavy atom. The number of nitrogens with zero attached hydrogens (tertiary/aromatic N) is 4. The molecule has 2 aliphatic rings. The molecule has 0 radical (unpaired) electrons. The van der Waals surface area contributed by atoms with Crippen molar-refractivity contribution in [1.82, 2.24) is 10.2 Å². The Morgan fingerprint density at radius 3 is 2.45 bits per heavy atom. The number of carbonyl (C=O) groups excluding carboxylic acids is 1. The number of benzene rings is 2. The van der Waals surface area contributed by atoms with Gasteiger partial charge in [0.05, 0.1) is 7.11 Å². The van der Waals surface area contributed by atoms with E-state index in [0.29, 0.717) is 13.0 Å². The van der Waals surface area contributed by atoms with Gasteiger partial charge in [-0.1, -0.05) is 18.2 Å². The summed E-state index contributed by atoms with van der Waals surface area (Å²) in [5.41, 5.74) is 3.36. The van der Waals surface area contributed by atoms with E-state index >= 15 is 0 Å². The number of piperazine rings is 1. The molecule has 0 aromatic heterocycles. The molecule has 31 heavy (non-hydrogen) atoms. The van der Waals surface area contributed by atoms with Crippen LogP contribution in [0.4, 0.5) is 11.4 Å². The molecule has 7 heteroatoms. The van der Waals surface area contributed by atoms with Crippen LogP contribution in [-0.2, 0) is 11.3 Å². The van der Waals surface area contributed by atoms with Gasteiger partial charge in [0.15, 0.2) is 5.96 Å². The standard InChI is InChI=1S/C24H31N5O2/c1-25-24(26-18-19-8-10-20(11-9-19)29-12-4-7-23(29)30)28-15-13-27(14-16-28)21-5-3-6-22(17-21)31-2/h3,5-6,8-11,17H,4,7,12-16,18H2,1-2H3,(H,25,26). The third-order valence-electron chi connectivity index (χ3n) is 5.98. The Kier molecular flexibility index (Phi) is 6.60. The summed E-state index contributed by atoms with van der Waals surface area (Å²) in [6, 6.07) is 16.5. The largest absolute Gasteiger partial charge is 0.497 e. The Balaban J connectivity index is 1.29. The lowest BCUT2D eigenvalue weighted by Gasteiger charge is -2.37. The predicted molar refractivity (Wildman–Crippen MR) is 125 cm³/mol. The molecule has 1 amide bonds. The van der Waals surface area contributed by atoms with Crippen molar-refractivity contribution in [3.05, 3.63) is 54.1 Å². The van der Waals surface area contributed by atoms with Gasteiger partial charge in [-0.2, -0.15) is 0 Å². The smallest absolute Gasteiger partial charge is 0.227 e. The summed E-state index contributed by atoms with van der Waals surface area (Å²) in [5.74, 6) is 2.03. The van der Waals surface area contributed by atoms with Crippen molar-refractivity contribution in [2.24, 2.45) is 4.99 Å².